The van der Waals surface area contributed by atoms with Gasteiger partial charge in [0, 0.05) is 0 Å². The second-order valence-electron chi connectivity index (χ2n) is 2.98. The Balaban J connectivity index is 2.55. The fraction of sp³-hybridized carbons (Fsp3) is 0. The summed E-state index contributed by atoms with van der Waals surface area (Å²) in [6, 6.07) is 18.2. The van der Waals surface area contributed by atoms with Crippen LogP contribution in [-0.4, -0.2) is 8.42 Å². The van der Waals surface area contributed by atoms with Crippen molar-refractivity contribution < 1.29 is 8.42 Å². The maximum atomic E-state index is 12.0. The van der Waals surface area contributed by atoms with E-state index in [4.69, 9.17) is 0 Å². The molecule has 0 saturated heterocycles. The highest BCUT2D eigenvalue weighted by Crippen LogP contribution is 2.19. The minimum absolute atomic E-state index is 0.254. The first-order chi connectivity index (χ1) is 7.21. The van der Waals surface area contributed by atoms with E-state index >= 15 is 0 Å². The SMILES string of the molecule is O=S(=O)(c1c[c]ccc1)c1c[c]ccc1. The molecule has 3 heteroatoms. The summed E-state index contributed by atoms with van der Waals surface area (Å²) >= 11 is 0. The summed E-state index contributed by atoms with van der Waals surface area (Å²) in [7, 11) is -3.40. The van der Waals surface area contributed by atoms with Gasteiger partial charge in [0.1, 0.15) is 0 Å². The molecule has 0 aromatic heterocycles. The van der Waals surface area contributed by atoms with Crippen LogP contribution in [0.5, 0.6) is 0 Å². The van der Waals surface area contributed by atoms with E-state index < -0.39 is 9.84 Å². The molecule has 0 spiro atoms. The number of benzene rings is 2. The Bertz CT molecular complexity index is 485. The van der Waals surface area contributed by atoms with Crippen LogP contribution in [-0.2, 0) is 9.84 Å². The zero-order chi connectivity index (χ0) is 10.7. The Morgan fingerprint density at radius 3 is 1.67 bits per heavy atom. The average molecular weight is 216 g/mol. The smallest absolute Gasteiger partial charge is 0.206 e. The molecule has 0 saturated carbocycles. The second kappa shape index (κ2) is 3.87. The molecule has 0 aliphatic rings. The van der Waals surface area contributed by atoms with Crippen molar-refractivity contribution in [3.05, 3.63) is 60.7 Å². The molecular weight excluding hydrogens is 208 g/mol. The molecule has 74 valence electrons. The number of sulfone groups is 1. The summed E-state index contributed by atoms with van der Waals surface area (Å²) < 4.78 is 24.0. The van der Waals surface area contributed by atoms with Crippen LogP contribution in [0.15, 0.2) is 58.3 Å². The maximum absolute atomic E-state index is 12.0. The molecule has 2 radical (unpaired) electrons. The molecule has 0 heterocycles. The van der Waals surface area contributed by atoms with Gasteiger partial charge in [-0.1, -0.05) is 24.3 Å². The van der Waals surface area contributed by atoms with Crippen molar-refractivity contribution in [1.29, 1.82) is 0 Å². The van der Waals surface area contributed by atoms with E-state index in [-0.39, 0.29) is 9.79 Å². The monoisotopic (exact) mass is 216 g/mol. The summed E-state index contributed by atoms with van der Waals surface area (Å²) in [5, 5.41) is 0. The third-order valence-electron chi connectivity index (χ3n) is 1.98. The van der Waals surface area contributed by atoms with Crippen molar-refractivity contribution in [1.82, 2.24) is 0 Å². The molecule has 2 aromatic rings. The molecule has 0 fully saturated rings. The lowest BCUT2D eigenvalue weighted by Gasteiger charge is -2.02. The molecule has 0 unspecified atom stereocenters. The van der Waals surface area contributed by atoms with Crippen molar-refractivity contribution in [3.8, 4) is 0 Å². The summed E-state index contributed by atoms with van der Waals surface area (Å²) in [6.45, 7) is 0. The van der Waals surface area contributed by atoms with E-state index in [0.717, 1.165) is 0 Å². The zero-order valence-corrected chi connectivity index (χ0v) is 8.66. The van der Waals surface area contributed by atoms with Gasteiger partial charge in [0.25, 0.3) is 0 Å². The van der Waals surface area contributed by atoms with Gasteiger partial charge in [-0.3, -0.25) is 0 Å². The predicted molar refractivity (Wildman–Crippen MR) is 56.0 cm³/mol. The highest BCUT2D eigenvalue weighted by molar-refractivity contribution is 7.91. The van der Waals surface area contributed by atoms with Crippen LogP contribution in [0.2, 0.25) is 0 Å². The molecule has 2 nitrogen and oxygen atoms in total. The van der Waals surface area contributed by atoms with Crippen LogP contribution in [0.4, 0.5) is 0 Å². The Labute approximate surface area is 89.1 Å². The average Bonchev–Trinajstić information content (AvgIpc) is 2.31. The standard InChI is InChI=1S/C12H8O2S/c13-15(14,11-7-3-1-4-8-11)12-9-5-2-6-10-12/h1-3,5,7-10H. The van der Waals surface area contributed by atoms with Crippen LogP contribution in [0, 0.1) is 12.1 Å². The number of hydrogen-bond donors (Lipinski definition) is 0. The van der Waals surface area contributed by atoms with Gasteiger partial charge in [-0.15, -0.1) is 0 Å². The Kier molecular flexibility index (Phi) is 2.56. The maximum Gasteiger partial charge on any atom is 0.206 e. The molecule has 2 aromatic carbocycles. The Hall–Kier alpha value is -1.61. The van der Waals surface area contributed by atoms with E-state index in [1.807, 2.05) is 0 Å². The number of hydrogen-bond acceptors (Lipinski definition) is 2. The quantitative estimate of drug-likeness (QED) is 0.770. The third-order valence-corrected chi connectivity index (χ3v) is 3.73. The molecule has 15 heavy (non-hydrogen) atoms. The molecule has 2 rings (SSSR count). The van der Waals surface area contributed by atoms with Crippen LogP contribution in [0.25, 0.3) is 0 Å². The topological polar surface area (TPSA) is 34.1 Å². The van der Waals surface area contributed by atoms with Crippen LogP contribution in [0.1, 0.15) is 0 Å². The minimum Gasteiger partial charge on any atom is -0.219 e. The van der Waals surface area contributed by atoms with E-state index in [9.17, 15) is 8.42 Å². The van der Waals surface area contributed by atoms with Crippen molar-refractivity contribution in [3.63, 3.8) is 0 Å². The van der Waals surface area contributed by atoms with Crippen molar-refractivity contribution in [2.24, 2.45) is 0 Å². The molecule has 0 N–H and O–H groups in total. The highest BCUT2D eigenvalue weighted by atomic mass is 32.2. The Morgan fingerprint density at radius 2 is 1.33 bits per heavy atom. The molecule has 0 aliphatic heterocycles. The largest absolute Gasteiger partial charge is 0.219 e. The van der Waals surface area contributed by atoms with Gasteiger partial charge in [0.2, 0.25) is 9.84 Å². The minimum atomic E-state index is -3.40. The van der Waals surface area contributed by atoms with Gasteiger partial charge < -0.3 is 0 Å². The lowest BCUT2D eigenvalue weighted by molar-refractivity contribution is 0.596. The first-order valence-corrected chi connectivity index (χ1v) is 5.87. The molecular formula is C12H8O2S. The zero-order valence-electron chi connectivity index (χ0n) is 7.84. The molecule has 0 amide bonds. The van der Waals surface area contributed by atoms with Crippen LogP contribution < -0.4 is 0 Å². The first-order valence-electron chi connectivity index (χ1n) is 4.38. The summed E-state index contributed by atoms with van der Waals surface area (Å²) in [4.78, 5) is 0.509. The summed E-state index contributed by atoms with van der Waals surface area (Å²) in [5.74, 6) is 0. The fourth-order valence-electron chi connectivity index (χ4n) is 1.22. The van der Waals surface area contributed by atoms with E-state index in [0.29, 0.717) is 0 Å². The fourth-order valence-corrected chi connectivity index (χ4v) is 2.46. The highest BCUT2D eigenvalue weighted by Gasteiger charge is 2.15. The van der Waals surface area contributed by atoms with E-state index in [1.54, 1.807) is 36.4 Å². The van der Waals surface area contributed by atoms with Crippen molar-refractivity contribution >= 4 is 9.84 Å². The van der Waals surface area contributed by atoms with Gasteiger partial charge in [0.05, 0.1) is 9.79 Å². The van der Waals surface area contributed by atoms with Crippen LogP contribution >= 0.6 is 0 Å². The Morgan fingerprint density at radius 1 is 0.867 bits per heavy atom. The van der Waals surface area contributed by atoms with E-state index in [1.165, 1.54) is 12.1 Å². The van der Waals surface area contributed by atoms with Gasteiger partial charge in [0.15, 0.2) is 0 Å². The van der Waals surface area contributed by atoms with Crippen molar-refractivity contribution in [2.75, 3.05) is 0 Å². The molecule has 0 atom stereocenters. The van der Waals surface area contributed by atoms with Gasteiger partial charge in [-0.2, -0.15) is 0 Å². The van der Waals surface area contributed by atoms with Gasteiger partial charge >= 0.3 is 0 Å². The van der Waals surface area contributed by atoms with Gasteiger partial charge in [-0.25, -0.2) is 8.42 Å². The van der Waals surface area contributed by atoms with E-state index in [2.05, 4.69) is 12.1 Å². The van der Waals surface area contributed by atoms with Gasteiger partial charge in [-0.05, 0) is 36.4 Å². The molecule has 0 bridgehead atoms. The lowest BCUT2D eigenvalue weighted by atomic mass is 10.4. The normalized spacial score (nSPS) is 11.2. The third kappa shape index (κ3) is 1.92. The second-order valence-corrected chi connectivity index (χ2v) is 4.93. The summed E-state index contributed by atoms with van der Waals surface area (Å²) in [5.41, 5.74) is 0. The van der Waals surface area contributed by atoms with Crippen LogP contribution in [0.3, 0.4) is 0 Å². The van der Waals surface area contributed by atoms with Crippen molar-refractivity contribution in [2.45, 2.75) is 9.79 Å². The summed E-state index contributed by atoms with van der Waals surface area (Å²) in [6.07, 6.45) is 0. The molecule has 0 aliphatic carbocycles. The first kappa shape index (κ1) is 9.93. The predicted octanol–water partition coefficient (Wildman–Crippen LogP) is 2.12. The number of rotatable bonds is 2. The lowest BCUT2D eigenvalue weighted by Crippen LogP contribution is -2.01.